The standard InChI is InChI=1S/C22H26N2O4S/c1-14-11-17(27-2)4-5-18(14)23-21(25)15-3-6-19-16(12-15)13-20(29-19)22(26)24-7-9-28-10-8-24/h4-5,11,13,15H,3,6-10,12H2,1-2H3,(H,23,25). The van der Waals surface area contributed by atoms with Crippen molar-refractivity contribution in [2.45, 2.75) is 26.2 Å². The zero-order valence-corrected chi connectivity index (χ0v) is 17.6. The summed E-state index contributed by atoms with van der Waals surface area (Å²) in [7, 11) is 1.63. The van der Waals surface area contributed by atoms with Crippen molar-refractivity contribution in [2.24, 2.45) is 5.92 Å². The van der Waals surface area contributed by atoms with E-state index in [0.717, 1.165) is 40.3 Å². The fourth-order valence-electron chi connectivity index (χ4n) is 3.91. The molecule has 0 saturated carbocycles. The molecule has 4 rings (SSSR count). The van der Waals surface area contributed by atoms with Crippen molar-refractivity contribution >= 4 is 28.8 Å². The van der Waals surface area contributed by atoms with Crippen LogP contribution in [-0.2, 0) is 22.4 Å². The minimum Gasteiger partial charge on any atom is -0.497 e. The van der Waals surface area contributed by atoms with Crippen LogP contribution < -0.4 is 10.1 Å². The SMILES string of the molecule is COc1ccc(NC(=O)C2CCc3sc(C(=O)N4CCOCC4)cc3C2)c(C)c1. The number of aryl methyl sites for hydroxylation is 2. The number of rotatable bonds is 4. The van der Waals surface area contributed by atoms with E-state index in [-0.39, 0.29) is 17.7 Å². The van der Waals surface area contributed by atoms with E-state index in [4.69, 9.17) is 9.47 Å². The number of hydrogen-bond acceptors (Lipinski definition) is 5. The van der Waals surface area contributed by atoms with Gasteiger partial charge in [-0.25, -0.2) is 0 Å². The first-order valence-electron chi connectivity index (χ1n) is 9.99. The minimum absolute atomic E-state index is 0.0381. The molecule has 1 atom stereocenters. The first-order chi connectivity index (χ1) is 14.0. The second kappa shape index (κ2) is 8.55. The number of amides is 2. The normalized spacial score (nSPS) is 18.8. The van der Waals surface area contributed by atoms with Gasteiger partial charge in [-0.15, -0.1) is 11.3 Å². The Labute approximate surface area is 174 Å². The fourth-order valence-corrected chi connectivity index (χ4v) is 5.09. The van der Waals surface area contributed by atoms with Gasteiger partial charge in [0.15, 0.2) is 0 Å². The molecule has 7 heteroatoms. The van der Waals surface area contributed by atoms with Crippen molar-refractivity contribution in [3.8, 4) is 5.75 Å². The highest BCUT2D eigenvalue weighted by molar-refractivity contribution is 7.14. The molecular formula is C22H26N2O4S. The molecule has 1 N–H and O–H groups in total. The Hall–Kier alpha value is -2.38. The number of thiophene rings is 1. The Morgan fingerprint density at radius 2 is 2.03 bits per heavy atom. The van der Waals surface area contributed by atoms with Crippen LogP contribution in [0.1, 0.15) is 32.1 Å². The number of benzene rings is 1. The Bertz CT molecular complexity index is 918. The van der Waals surface area contributed by atoms with E-state index in [9.17, 15) is 9.59 Å². The summed E-state index contributed by atoms with van der Waals surface area (Å²) < 4.78 is 10.6. The largest absolute Gasteiger partial charge is 0.497 e. The Morgan fingerprint density at radius 1 is 1.24 bits per heavy atom. The van der Waals surface area contributed by atoms with Crippen LogP contribution in [0.3, 0.4) is 0 Å². The highest BCUT2D eigenvalue weighted by Crippen LogP contribution is 2.34. The average molecular weight is 415 g/mol. The molecule has 2 amide bonds. The van der Waals surface area contributed by atoms with E-state index in [1.807, 2.05) is 36.1 Å². The quantitative estimate of drug-likeness (QED) is 0.834. The van der Waals surface area contributed by atoms with E-state index in [1.165, 1.54) is 4.88 Å². The number of nitrogens with zero attached hydrogens (tertiary/aromatic N) is 1. The Morgan fingerprint density at radius 3 is 2.76 bits per heavy atom. The molecule has 1 aromatic carbocycles. The lowest BCUT2D eigenvalue weighted by atomic mass is 9.87. The van der Waals surface area contributed by atoms with E-state index in [0.29, 0.717) is 32.7 Å². The lowest BCUT2D eigenvalue weighted by Gasteiger charge is -2.26. The number of hydrogen-bond donors (Lipinski definition) is 1. The van der Waals surface area contributed by atoms with Gasteiger partial charge in [0.25, 0.3) is 5.91 Å². The third-order valence-corrected chi connectivity index (χ3v) is 6.88. The number of ether oxygens (including phenoxy) is 2. The van der Waals surface area contributed by atoms with Gasteiger partial charge in [0, 0.05) is 29.6 Å². The molecule has 0 bridgehead atoms. The number of methoxy groups -OCH3 is 1. The van der Waals surface area contributed by atoms with Crippen LogP contribution in [0.2, 0.25) is 0 Å². The van der Waals surface area contributed by atoms with Gasteiger partial charge in [-0.05, 0) is 61.6 Å². The summed E-state index contributed by atoms with van der Waals surface area (Å²) in [5, 5.41) is 3.06. The van der Waals surface area contributed by atoms with Crippen LogP contribution in [0.15, 0.2) is 24.3 Å². The van der Waals surface area contributed by atoms with Crippen molar-refractivity contribution in [3.63, 3.8) is 0 Å². The lowest BCUT2D eigenvalue weighted by molar-refractivity contribution is -0.120. The topological polar surface area (TPSA) is 67.9 Å². The maximum atomic E-state index is 12.8. The molecular weight excluding hydrogens is 388 g/mol. The molecule has 2 heterocycles. The molecule has 1 fully saturated rings. The first kappa shape index (κ1) is 19.9. The van der Waals surface area contributed by atoms with Crippen molar-refractivity contribution in [3.05, 3.63) is 45.1 Å². The molecule has 0 radical (unpaired) electrons. The van der Waals surface area contributed by atoms with Crippen molar-refractivity contribution in [2.75, 3.05) is 38.7 Å². The zero-order chi connectivity index (χ0) is 20.4. The van der Waals surface area contributed by atoms with Crippen molar-refractivity contribution in [1.82, 2.24) is 4.90 Å². The van der Waals surface area contributed by atoms with Crippen LogP contribution in [0.25, 0.3) is 0 Å². The van der Waals surface area contributed by atoms with Gasteiger partial charge < -0.3 is 19.7 Å². The second-order valence-corrected chi connectivity index (χ2v) is 8.71. The number of anilines is 1. The molecule has 1 saturated heterocycles. The average Bonchev–Trinajstić information content (AvgIpc) is 3.18. The lowest BCUT2D eigenvalue weighted by Crippen LogP contribution is -2.40. The predicted octanol–water partition coefficient (Wildman–Crippen LogP) is 3.28. The summed E-state index contributed by atoms with van der Waals surface area (Å²) >= 11 is 1.58. The smallest absolute Gasteiger partial charge is 0.264 e. The minimum atomic E-state index is -0.0788. The van der Waals surface area contributed by atoms with Crippen LogP contribution in [0.4, 0.5) is 5.69 Å². The molecule has 1 aromatic heterocycles. The van der Waals surface area contributed by atoms with Crippen LogP contribution in [-0.4, -0.2) is 50.1 Å². The van der Waals surface area contributed by atoms with E-state index in [2.05, 4.69) is 5.32 Å². The molecule has 154 valence electrons. The number of fused-ring (bicyclic) bond motifs is 1. The highest BCUT2D eigenvalue weighted by Gasteiger charge is 2.29. The van der Waals surface area contributed by atoms with Gasteiger partial charge in [-0.2, -0.15) is 0 Å². The molecule has 6 nitrogen and oxygen atoms in total. The number of morpholine rings is 1. The second-order valence-electron chi connectivity index (χ2n) is 7.57. The summed E-state index contributed by atoms with van der Waals surface area (Å²) in [6.07, 6.45) is 2.33. The molecule has 2 aliphatic rings. The summed E-state index contributed by atoms with van der Waals surface area (Å²) in [6.45, 7) is 4.45. The van der Waals surface area contributed by atoms with Gasteiger partial charge in [0.05, 0.1) is 25.2 Å². The maximum Gasteiger partial charge on any atom is 0.264 e. The molecule has 1 aliphatic carbocycles. The van der Waals surface area contributed by atoms with Crippen LogP contribution >= 0.6 is 11.3 Å². The first-order valence-corrected chi connectivity index (χ1v) is 10.8. The van der Waals surface area contributed by atoms with Crippen LogP contribution in [0, 0.1) is 12.8 Å². The van der Waals surface area contributed by atoms with Gasteiger partial charge in [0.2, 0.25) is 5.91 Å². The summed E-state index contributed by atoms with van der Waals surface area (Å²) in [6, 6.07) is 7.64. The van der Waals surface area contributed by atoms with E-state index >= 15 is 0 Å². The third kappa shape index (κ3) is 4.31. The van der Waals surface area contributed by atoms with Crippen LogP contribution in [0.5, 0.6) is 5.75 Å². The Kier molecular flexibility index (Phi) is 5.87. The van der Waals surface area contributed by atoms with Gasteiger partial charge in [0.1, 0.15) is 5.75 Å². The van der Waals surface area contributed by atoms with Gasteiger partial charge >= 0.3 is 0 Å². The molecule has 1 aliphatic heterocycles. The molecule has 0 spiro atoms. The van der Waals surface area contributed by atoms with Gasteiger partial charge in [-0.1, -0.05) is 0 Å². The third-order valence-electron chi connectivity index (χ3n) is 5.65. The highest BCUT2D eigenvalue weighted by atomic mass is 32.1. The summed E-state index contributed by atoms with van der Waals surface area (Å²) in [4.78, 5) is 29.5. The molecule has 29 heavy (non-hydrogen) atoms. The number of nitrogens with one attached hydrogen (secondary N) is 1. The number of carbonyl (C=O) groups excluding carboxylic acids is 2. The monoisotopic (exact) mass is 414 g/mol. The van der Waals surface area contributed by atoms with E-state index < -0.39 is 0 Å². The number of carbonyl (C=O) groups is 2. The van der Waals surface area contributed by atoms with Gasteiger partial charge in [-0.3, -0.25) is 9.59 Å². The van der Waals surface area contributed by atoms with Crippen molar-refractivity contribution in [1.29, 1.82) is 0 Å². The summed E-state index contributed by atoms with van der Waals surface area (Å²) in [5.74, 6) is 0.821. The summed E-state index contributed by atoms with van der Waals surface area (Å²) in [5.41, 5.74) is 2.93. The molecule has 1 unspecified atom stereocenters. The molecule has 2 aromatic rings. The fraction of sp³-hybridized carbons (Fsp3) is 0.455. The van der Waals surface area contributed by atoms with Crippen molar-refractivity contribution < 1.29 is 19.1 Å². The zero-order valence-electron chi connectivity index (χ0n) is 16.8. The maximum absolute atomic E-state index is 12.8. The Balaban J connectivity index is 1.42. The van der Waals surface area contributed by atoms with E-state index in [1.54, 1.807) is 18.4 Å². The predicted molar refractivity (Wildman–Crippen MR) is 113 cm³/mol.